The number of hydrogen-bond acceptors (Lipinski definition) is 4. The monoisotopic (exact) mass is 356 g/mol. The van der Waals surface area contributed by atoms with Gasteiger partial charge in [-0.15, -0.1) is 11.3 Å². The highest BCUT2D eigenvalue weighted by Crippen LogP contribution is 2.28. The Morgan fingerprint density at radius 1 is 1.50 bits per heavy atom. The first-order chi connectivity index (χ1) is 9.26. The lowest BCUT2D eigenvalue weighted by molar-refractivity contribution is 0.102. The molecule has 0 aliphatic rings. The SMILES string of the molecule is Cc1c(C(=O)Nc2cc(CC(C)(C)C)on2)csc1Br. The number of nitrogens with zero attached hydrogens (tertiary/aromatic N) is 1. The van der Waals surface area contributed by atoms with Crippen LogP contribution in [0, 0.1) is 12.3 Å². The van der Waals surface area contributed by atoms with Crippen LogP contribution in [0.5, 0.6) is 0 Å². The van der Waals surface area contributed by atoms with Gasteiger partial charge in [0.25, 0.3) is 5.91 Å². The molecule has 2 aromatic rings. The Morgan fingerprint density at radius 3 is 2.75 bits per heavy atom. The highest BCUT2D eigenvalue weighted by molar-refractivity contribution is 9.11. The van der Waals surface area contributed by atoms with E-state index in [-0.39, 0.29) is 11.3 Å². The molecule has 0 aliphatic carbocycles. The molecule has 2 heterocycles. The molecule has 108 valence electrons. The molecule has 1 N–H and O–H groups in total. The number of hydrogen-bond donors (Lipinski definition) is 1. The summed E-state index contributed by atoms with van der Waals surface area (Å²) in [6.45, 7) is 8.28. The summed E-state index contributed by atoms with van der Waals surface area (Å²) in [6, 6.07) is 1.78. The number of anilines is 1. The van der Waals surface area contributed by atoms with Gasteiger partial charge in [0.1, 0.15) is 5.76 Å². The minimum absolute atomic E-state index is 0.121. The van der Waals surface area contributed by atoms with E-state index in [2.05, 4.69) is 47.2 Å². The van der Waals surface area contributed by atoms with Crippen molar-refractivity contribution in [3.63, 3.8) is 0 Å². The predicted molar refractivity (Wildman–Crippen MR) is 84.4 cm³/mol. The molecule has 0 atom stereocenters. The summed E-state index contributed by atoms with van der Waals surface area (Å²) in [6.07, 6.45) is 0.777. The highest BCUT2D eigenvalue weighted by Gasteiger charge is 2.18. The number of rotatable bonds is 3. The van der Waals surface area contributed by atoms with Crippen molar-refractivity contribution < 1.29 is 9.32 Å². The summed E-state index contributed by atoms with van der Waals surface area (Å²) in [5.41, 5.74) is 1.71. The highest BCUT2D eigenvalue weighted by atomic mass is 79.9. The quantitative estimate of drug-likeness (QED) is 0.870. The number of amides is 1. The lowest BCUT2D eigenvalue weighted by atomic mass is 9.91. The van der Waals surface area contributed by atoms with E-state index in [1.807, 2.05) is 12.3 Å². The summed E-state index contributed by atoms with van der Waals surface area (Å²) in [4.78, 5) is 12.1. The molecule has 0 spiro atoms. The summed E-state index contributed by atoms with van der Waals surface area (Å²) >= 11 is 4.91. The van der Waals surface area contributed by atoms with Crippen molar-refractivity contribution in [3.8, 4) is 0 Å². The van der Waals surface area contributed by atoms with E-state index >= 15 is 0 Å². The Bertz CT molecular complexity index is 625. The zero-order valence-corrected chi connectivity index (χ0v) is 14.3. The number of aromatic nitrogens is 1. The van der Waals surface area contributed by atoms with Crippen LogP contribution in [-0.4, -0.2) is 11.1 Å². The van der Waals surface area contributed by atoms with Crippen LogP contribution in [0.2, 0.25) is 0 Å². The number of thiophene rings is 1. The average Bonchev–Trinajstić information content (AvgIpc) is 2.86. The fourth-order valence-corrected chi connectivity index (χ4v) is 3.06. The minimum Gasteiger partial charge on any atom is -0.359 e. The maximum absolute atomic E-state index is 12.1. The van der Waals surface area contributed by atoms with Gasteiger partial charge in [-0.2, -0.15) is 0 Å². The van der Waals surface area contributed by atoms with Crippen molar-refractivity contribution in [2.24, 2.45) is 5.41 Å². The van der Waals surface area contributed by atoms with Crippen molar-refractivity contribution in [1.29, 1.82) is 0 Å². The van der Waals surface area contributed by atoms with Gasteiger partial charge in [-0.1, -0.05) is 25.9 Å². The van der Waals surface area contributed by atoms with Gasteiger partial charge in [-0.05, 0) is 33.8 Å². The van der Waals surface area contributed by atoms with Gasteiger partial charge in [0.2, 0.25) is 0 Å². The second-order valence-corrected chi connectivity index (χ2v) is 8.12. The number of nitrogens with one attached hydrogen (secondary N) is 1. The molecule has 0 unspecified atom stereocenters. The molecule has 0 radical (unpaired) electrons. The Kier molecular flexibility index (Phi) is 4.34. The summed E-state index contributed by atoms with van der Waals surface area (Å²) in [5.74, 6) is 1.06. The summed E-state index contributed by atoms with van der Waals surface area (Å²) in [7, 11) is 0. The molecule has 0 saturated carbocycles. The first-order valence-electron chi connectivity index (χ1n) is 6.27. The molecule has 0 aliphatic heterocycles. The van der Waals surface area contributed by atoms with Gasteiger partial charge in [-0.3, -0.25) is 4.79 Å². The van der Waals surface area contributed by atoms with Crippen LogP contribution in [0.3, 0.4) is 0 Å². The molecule has 0 bridgehead atoms. The van der Waals surface area contributed by atoms with Crippen LogP contribution < -0.4 is 5.32 Å². The smallest absolute Gasteiger partial charge is 0.258 e. The second kappa shape index (κ2) is 5.69. The third-order valence-electron chi connectivity index (χ3n) is 2.73. The maximum atomic E-state index is 12.1. The van der Waals surface area contributed by atoms with Crippen molar-refractivity contribution in [3.05, 3.63) is 32.1 Å². The van der Waals surface area contributed by atoms with Crippen molar-refractivity contribution in [2.45, 2.75) is 34.1 Å². The fraction of sp³-hybridized carbons (Fsp3) is 0.429. The average molecular weight is 357 g/mol. The van der Waals surface area contributed by atoms with Crippen LogP contribution in [0.1, 0.15) is 42.5 Å². The van der Waals surface area contributed by atoms with E-state index in [9.17, 15) is 4.79 Å². The van der Waals surface area contributed by atoms with Crippen LogP contribution in [0.15, 0.2) is 19.8 Å². The van der Waals surface area contributed by atoms with Crippen molar-refractivity contribution >= 4 is 39.0 Å². The predicted octanol–water partition coefficient (Wildman–Crippen LogP) is 4.65. The van der Waals surface area contributed by atoms with Gasteiger partial charge >= 0.3 is 0 Å². The molecule has 0 fully saturated rings. The molecule has 6 heteroatoms. The standard InChI is InChI=1S/C14H17BrN2O2S/c1-8-10(7-20-12(8)15)13(18)16-11-5-9(19-17-11)6-14(2,3)4/h5,7H,6H2,1-4H3,(H,16,17,18). The van der Waals surface area contributed by atoms with E-state index in [1.165, 1.54) is 11.3 Å². The van der Waals surface area contributed by atoms with Crippen molar-refractivity contribution in [2.75, 3.05) is 5.32 Å². The zero-order valence-electron chi connectivity index (χ0n) is 11.9. The zero-order chi connectivity index (χ0) is 14.9. The van der Waals surface area contributed by atoms with Gasteiger partial charge in [0.15, 0.2) is 5.82 Å². The van der Waals surface area contributed by atoms with Crippen LogP contribution in [-0.2, 0) is 6.42 Å². The van der Waals surface area contributed by atoms with Crippen molar-refractivity contribution in [1.82, 2.24) is 5.16 Å². The van der Waals surface area contributed by atoms with Crippen LogP contribution in [0.25, 0.3) is 0 Å². The third-order valence-corrected chi connectivity index (χ3v) is 4.75. The van der Waals surface area contributed by atoms with E-state index in [0.29, 0.717) is 11.4 Å². The summed E-state index contributed by atoms with van der Waals surface area (Å²) in [5, 5.41) is 8.47. The largest absolute Gasteiger partial charge is 0.359 e. The molecule has 0 saturated heterocycles. The number of carbonyl (C=O) groups excluding carboxylic acids is 1. The first kappa shape index (κ1) is 15.3. The molecule has 20 heavy (non-hydrogen) atoms. The second-order valence-electron chi connectivity index (χ2n) is 5.92. The maximum Gasteiger partial charge on any atom is 0.258 e. The van der Waals surface area contributed by atoms with Gasteiger partial charge < -0.3 is 9.84 Å². The molecule has 4 nitrogen and oxygen atoms in total. The van der Waals surface area contributed by atoms with E-state index in [1.54, 1.807) is 6.07 Å². The summed E-state index contributed by atoms with van der Waals surface area (Å²) < 4.78 is 6.21. The van der Waals surface area contributed by atoms with Crippen LogP contribution in [0.4, 0.5) is 5.82 Å². The lowest BCUT2D eigenvalue weighted by Gasteiger charge is -2.14. The van der Waals surface area contributed by atoms with E-state index in [0.717, 1.165) is 21.5 Å². The Morgan fingerprint density at radius 2 is 2.20 bits per heavy atom. The van der Waals surface area contributed by atoms with Gasteiger partial charge in [0, 0.05) is 17.9 Å². The fourth-order valence-electron chi connectivity index (χ4n) is 1.78. The van der Waals surface area contributed by atoms with Gasteiger partial charge in [-0.25, -0.2) is 0 Å². The molecule has 0 aromatic carbocycles. The number of halogens is 1. The first-order valence-corrected chi connectivity index (χ1v) is 7.94. The van der Waals surface area contributed by atoms with E-state index < -0.39 is 0 Å². The lowest BCUT2D eigenvalue weighted by Crippen LogP contribution is -2.12. The van der Waals surface area contributed by atoms with Gasteiger partial charge in [0.05, 0.1) is 9.35 Å². The Balaban J connectivity index is 2.07. The minimum atomic E-state index is -0.167. The molecule has 2 rings (SSSR count). The molecule has 1 amide bonds. The normalized spacial score (nSPS) is 11.7. The topological polar surface area (TPSA) is 55.1 Å². The Hall–Kier alpha value is -1.14. The number of carbonyl (C=O) groups is 1. The molecular formula is C14H17BrN2O2S. The Labute approximate surface area is 130 Å². The molecule has 2 aromatic heterocycles. The third kappa shape index (κ3) is 3.70. The van der Waals surface area contributed by atoms with Crippen LogP contribution >= 0.6 is 27.3 Å². The molecular weight excluding hydrogens is 340 g/mol. The van der Waals surface area contributed by atoms with E-state index in [4.69, 9.17) is 4.52 Å².